The Balaban J connectivity index is 1.79. The van der Waals surface area contributed by atoms with Gasteiger partial charge in [-0.25, -0.2) is 4.79 Å². The van der Waals surface area contributed by atoms with Crippen LogP contribution in [0.3, 0.4) is 0 Å². The summed E-state index contributed by atoms with van der Waals surface area (Å²) >= 11 is 0. The van der Waals surface area contributed by atoms with Gasteiger partial charge in [0.1, 0.15) is 17.5 Å². The molecule has 0 bridgehead atoms. The molecule has 0 spiro atoms. The lowest BCUT2D eigenvalue weighted by molar-refractivity contribution is -0.119. The molecule has 0 aliphatic carbocycles. The maximum absolute atomic E-state index is 13.0. The number of amides is 1. The summed E-state index contributed by atoms with van der Waals surface area (Å²) in [5.74, 6) is -0.0906. The van der Waals surface area contributed by atoms with E-state index in [1.165, 1.54) is 6.20 Å². The normalized spacial score (nSPS) is 11.2. The number of aromatic nitrogens is 2. The molecule has 0 N–H and O–H groups in total. The van der Waals surface area contributed by atoms with E-state index in [-0.39, 0.29) is 12.5 Å². The molecule has 1 amide bonds. The van der Waals surface area contributed by atoms with Gasteiger partial charge in [-0.3, -0.25) is 9.48 Å². The zero-order valence-electron chi connectivity index (χ0n) is 16.1. The number of likely N-dealkylation sites (N-methyl/N-ethyl adjacent to an activating group) is 1. The van der Waals surface area contributed by atoms with Crippen molar-refractivity contribution >= 4 is 33.5 Å². The summed E-state index contributed by atoms with van der Waals surface area (Å²) in [4.78, 5) is 27.1. The largest absolute Gasteiger partial charge is 0.422 e. The third-order valence-electron chi connectivity index (χ3n) is 4.87. The Morgan fingerprint density at radius 3 is 2.64 bits per heavy atom. The van der Waals surface area contributed by atoms with Gasteiger partial charge in [-0.1, -0.05) is 23.8 Å². The third kappa shape index (κ3) is 3.07. The number of benzene rings is 2. The lowest BCUT2D eigenvalue weighted by Gasteiger charge is -2.21. The molecule has 28 heavy (non-hydrogen) atoms. The number of anilines is 1. The molecular formula is C22H21N3O3. The van der Waals surface area contributed by atoms with Crippen molar-refractivity contribution in [1.82, 2.24) is 9.78 Å². The van der Waals surface area contributed by atoms with E-state index in [0.29, 0.717) is 23.0 Å². The van der Waals surface area contributed by atoms with Crippen molar-refractivity contribution in [2.45, 2.75) is 27.3 Å². The Kier molecular flexibility index (Phi) is 4.47. The second kappa shape index (κ2) is 6.96. The summed E-state index contributed by atoms with van der Waals surface area (Å²) in [6.07, 6.45) is 1.47. The van der Waals surface area contributed by atoms with Crippen molar-refractivity contribution in [3.8, 4) is 0 Å². The highest BCUT2D eigenvalue weighted by Crippen LogP contribution is 2.24. The number of hydrogen-bond acceptors (Lipinski definition) is 4. The highest BCUT2D eigenvalue weighted by atomic mass is 16.4. The van der Waals surface area contributed by atoms with Gasteiger partial charge in [-0.05, 0) is 50.6 Å². The number of carbonyl (C=O) groups excluding carboxylic acids is 1. The van der Waals surface area contributed by atoms with Gasteiger partial charge in [-0.15, -0.1) is 0 Å². The summed E-state index contributed by atoms with van der Waals surface area (Å²) in [5.41, 5.74) is 3.65. The van der Waals surface area contributed by atoms with Crippen LogP contribution in [0, 0.1) is 13.8 Å². The van der Waals surface area contributed by atoms with Gasteiger partial charge in [-0.2, -0.15) is 5.10 Å². The fraction of sp³-hybridized carbons (Fsp3) is 0.227. The zero-order valence-corrected chi connectivity index (χ0v) is 16.1. The Hall–Kier alpha value is -3.41. The minimum absolute atomic E-state index is 0.0395. The summed E-state index contributed by atoms with van der Waals surface area (Å²) in [5, 5.41) is 5.47. The number of carbonyl (C=O) groups is 1. The molecule has 0 atom stereocenters. The predicted octanol–water partition coefficient (Wildman–Crippen LogP) is 3.81. The molecule has 4 aromatic rings. The Labute approximate surface area is 162 Å². The van der Waals surface area contributed by atoms with Crippen LogP contribution in [0.25, 0.3) is 21.9 Å². The van der Waals surface area contributed by atoms with Gasteiger partial charge in [0.25, 0.3) is 0 Å². The van der Waals surface area contributed by atoms with Crippen molar-refractivity contribution in [2.75, 3.05) is 11.4 Å². The Bertz CT molecular complexity index is 1250. The summed E-state index contributed by atoms with van der Waals surface area (Å²) < 4.78 is 6.99. The standard InChI is InChI=1S/C22H21N3O3/c1-4-24(16-7-5-6-14(2)10-16)20(26)13-25-21-17-11-15(3)8-9-19(17)28-22(27)18(21)12-23-25/h5-12H,4,13H2,1-3H3. The minimum atomic E-state index is -0.448. The maximum Gasteiger partial charge on any atom is 0.347 e. The monoisotopic (exact) mass is 375 g/mol. The van der Waals surface area contributed by atoms with Crippen LogP contribution < -0.4 is 10.5 Å². The number of hydrogen-bond donors (Lipinski definition) is 0. The van der Waals surface area contributed by atoms with Crippen molar-refractivity contribution in [2.24, 2.45) is 0 Å². The molecule has 142 valence electrons. The quantitative estimate of drug-likeness (QED) is 0.509. The van der Waals surface area contributed by atoms with Crippen LogP contribution in [0.1, 0.15) is 18.1 Å². The first kappa shape index (κ1) is 18.0. The average Bonchev–Trinajstić information content (AvgIpc) is 3.08. The second-order valence-electron chi connectivity index (χ2n) is 6.93. The van der Waals surface area contributed by atoms with E-state index in [9.17, 15) is 9.59 Å². The van der Waals surface area contributed by atoms with Crippen LogP contribution in [-0.4, -0.2) is 22.2 Å². The number of aryl methyl sites for hydroxylation is 2. The Morgan fingerprint density at radius 1 is 1.11 bits per heavy atom. The molecular weight excluding hydrogens is 354 g/mol. The SMILES string of the molecule is CCN(C(=O)Cn1ncc2c(=O)oc3ccc(C)cc3c21)c1cccc(C)c1. The van der Waals surface area contributed by atoms with E-state index in [0.717, 1.165) is 22.2 Å². The molecule has 0 radical (unpaired) electrons. The van der Waals surface area contributed by atoms with E-state index < -0.39 is 5.63 Å². The number of nitrogens with zero attached hydrogens (tertiary/aromatic N) is 3. The van der Waals surface area contributed by atoms with Crippen LogP contribution in [0.4, 0.5) is 5.69 Å². The molecule has 6 heteroatoms. The third-order valence-corrected chi connectivity index (χ3v) is 4.87. The molecule has 2 aromatic carbocycles. The molecule has 0 saturated heterocycles. The highest BCUT2D eigenvalue weighted by molar-refractivity contribution is 6.03. The second-order valence-corrected chi connectivity index (χ2v) is 6.93. The van der Waals surface area contributed by atoms with Crippen molar-refractivity contribution < 1.29 is 9.21 Å². The first-order chi connectivity index (χ1) is 13.5. The fourth-order valence-electron chi connectivity index (χ4n) is 3.52. The summed E-state index contributed by atoms with van der Waals surface area (Å²) in [6.45, 7) is 6.49. The van der Waals surface area contributed by atoms with Crippen LogP contribution in [0.5, 0.6) is 0 Å². The summed E-state index contributed by atoms with van der Waals surface area (Å²) in [6, 6.07) is 13.4. The maximum atomic E-state index is 13.0. The first-order valence-corrected chi connectivity index (χ1v) is 9.24. The van der Waals surface area contributed by atoms with Crippen LogP contribution in [0.15, 0.2) is 57.9 Å². The molecule has 4 rings (SSSR count). The van der Waals surface area contributed by atoms with Crippen LogP contribution in [0.2, 0.25) is 0 Å². The molecule has 0 fully saturated rings. The van der Waals surface area contributed by atoms with E-state index in [2.05, 4.69) is 5.10 Å². The minimum Gasteiger partial charge on any atom is -0.422 e. The van der Waals surface area contributed by atoms with E-state index in [1.807, 2.05) is 57.2 Å². The molecule has 0 unspecified atom stereocenters. The number of fused-ring (bicyclic) bond motifs is 3. The van der Waals surface area contributed by atoms with Crippen LogP contribution in [-0.2, 0) is 11.3 Å². The van der Waals surface area contributed by atoms with Gasteiger partial charge in [0.05, 0.1) is 11.7 Å². The van der Waals surface area contributed by atoms with Gasteiger partial charge >= 0.3 is 5.63 Å². The molecule has 0 saturated carbocycles. The summed E-state index contributed by atoms with van der Waals surface area (Å²) in [7, 11) is 0. The van der Waals surface area contributed by atoms with Crippen molar-refractivity contribution in [3.63, 3.8) is 0 Å². The molecule has 6 nitrogen and oxygen atoms in total. The van der Waals surface area contributed by atoms with Gasteiger partial charge < -0.3 is 9.32 Å². The lowest BCUT2D eigenvalue weighted by Crippen LogP contribution is -2.34. The molecule has 2 heterocycles. The van der Waals surface area contributed by atoms with Gasteiger partial charge in [0.2, 0.25) is 5.91 Å². The van der Waals surface area contributed by atoms with Gasteiger partial charge in [0, 0.05) is 17.6 Å². The number of rotatable bonds is 4. The predicted molar refractivity (Wildman–Crippen MR) is 110 cm³/mol. The van der Waals surface area contributed by atoms with E-state index in [1.54, 1.807) is 15.6 Å². The van der Waals surface area contributed by atoms with Crippen molar-refractivity contribution in [3.05, 3.63) is 70.2 Å². The zero-order chi connectivity index (χ0) is 19.8. The molecule has 2 aromatic heterocycles. The van der Waals surface area contributed by atoms with Gasteiger partial charge in [0.15, 0.2) is 0 Å². The van der Waals surface area contributed by atoms with E-state index >= 15 is 0 Å². The van der Waals surface area contributed by atoms with Crippen LogP contribution >= 0.6 is 0 Å². The topological polar surface area (TPSA) is 68.3 Å². The highest BCUT2D eigenvalue weighted by Gasteiger charge is 2.19. The average molecular weight is 375 g/mol. The smallest absolute Gasteiger partial charge is 0.347 e. The fourth-order valence-corrected chi connectivity index (χ4v) is 3.52. The molecule has 0 aliphatic heterocycles. The first-order valence-electron chi connectivity index (χ1n) is 9.24. The van der Waals surface area contributed by atoms with Crippen molar-refractivity contribution in [1.29, 1.82) is 0 Å². The van der Waals surface area contributed by atoms with E-state index in [4.69, 9.17) is 4.42 Å². The Morgan fingerprint density at radius 2 is 1.89 bits per heavy atom. The molecule has 0 aliphatic rings. The lowest BCUT2D eigenvalue weighted by atomic mass is 10.1.